The molecule has 8 nitrogen and oxygen atoms in total. The van der Waals surface area contributed by atoms with Gasteiger partial charge in [0.05, 0.1) is 0 Å². The summed E-state index contributed by atoms with van der Waals surface area (Å²) in [5.41, 5.74) is 1.56. The second kappa shape index (κ2) is 12.1. The van der Waals surface area contributed by atoms with Crippen LogP contribution in [-0.4, -0.2) is 28.4 Å². The van der Waals surface area contributed by atoms with E-state index in [9.17, 15) is 14.4 Å². The van der Waals surface area contributed by atoms with Gasteiger partial charge < -0.3 is 15.2 Å². The Morgan fingerprint density at radius 3 is 2.30 bits per heavy atom. The number of amides is 3. The first-order valence-corrected chi connectivity index (χ1v) is 12.6. The highest BCUT2D eigenvalue weighted by atomic mass is 35.5. The Bertz CT molecular complexity index is 1250. The van der Waals surface area contributed by atoms with Gasteiger partial charge in [0.15, 0.2) is 5.82 Å². The van der Waals surface area contributed by atoms with E-state index in [1.807, 2.05) is 52.0 Å². The maximum atomic E-state index is 13.7. The number of carbonyl (C=O) groups excluding carboxylic acids is 3. The van der Waals surface area contributed by atoms with E-state index in [0.717, 1.165) is 12.0 Å². The predicted octanol–water partition coefficient (Wildman–Crippen LogP) is 5.61. The fraction of sp³-hybridized carbons (Fsp3) is 0.357. The van der Waals surface area contributed by atoms with Crippen molar-refractivity contribution in [1.82, 2.24) is 10.5 Å². The van der Waals surface area contributed by atoms with E-state index >= 15 is 0 Å². The van der Waals surface area contributed by atoms with E-state index < -0.39 is 23.4 Å². The molecule has 3 aromatic rings. The molecule has 1 heterocycles. The third-order valence-electron chi connectivity index (χ3n) is 5.56. The van der Waals surface area contributed by atoms with Crippen LogP contribution in [0.25, 0.3) is 0 Å². The zero-order chi connectivity index (χ0) is 27.2. The van der Waals surface area contributed by atoms with Gasteiger partial charge in [-0.1, -0.05) is 54.0 Å². The lowest BCUT2D eigenvalue weighted by Crippen LogP contribution is -2.49. The van der Waals surface area contributed by atoms with Gasteiger partial charge in [0, 0.05) is 40.7 Å². The number of hydrogen-bond donors (Lipinski definition) is 2. The van der Waals surface area contributed by atoms with E-state index in [0.29, 0.717) is 22.0 Å². The summed E-state index contributed by atoms with van der Waals surface area (Å²) in [6.07, 6.45) is 0.584. The van der Waals surface area contributed by atoms with Crippen LogP contribution in [0.4, 0.5) is 11.5 Å². The van der Waals surface area contributed by atoms with E-state index in [1.54, 1.807) is 37.3 Å². The summed E-state index contributed by atoms with van der Waals surface area (Å²) >= 11 is 6.54. The van der Waals surface area contributed by atoms with E-state index in [1.165, 1.54) is 4.90 Å². The molecule has 9 heteroatoms. The van der Waals surface area contributed by atoms with Gasteiger partial charge >= 0.3 is 0 Å². The molecule has 2 N–H and O–H groups in total. The van der Waals surface area contributed by atoms with Gasteiger partial charge in [-0.3, -0.25) is 19.3 Å². The lowest BCUT2D eigenvalue weighted by Gasteiger charge is -2.34. The van der Waals surface area contributed by atoms with Crippen LogP contribution in [0, 0.1) is 6.92 Å². The number of nitrogens with zero attached hydrogens (tertiary/aromatic N) is 2. The second-order valence-electron chi connectivity index (χ2n) is 9.82. The highest BCUT2D eigenvalue weighted by Crippen LogP contribution is 2.33. The zero-order valence-corrected chi connectivity index (χ0v) is 22.6. The first-order valence-electron chi connectivity index (χ1n) is 12.2. The number of rotatable bonds is 9. The number of carbonyl (C=O) groups is 3. The molecule has 3 rings (SSSR count). The summed E-state index contributed by atoms with van der Waals surface area (Å²) in [6.45, 7) is 9.35. The van der Waals surface area contributed by atoms with Gasteiger partial charge in [-0.05, 0) is 57.9 Å². The van der Waals surface area contributed by atoms with Gasteiger partial charge in [-0.25, -0.2) is 0 Å². The molecule has 0 aliphatic carbocycles. The van der Waals surface area contributed by atoms with Crippen molar-refractivity contribution in [2.45, 2.75) is 65.5 Å². The molecule has 0 radical (unpaired) electrons. The number of aromatic nitrogens is 1. The molecule has 1 aromatic heterocycles. The number of benzene rings is 2. The van der Waals surface area contributed by atoms with Crippen molar-refractivity contribution < 1.29 is 18.9 Å². The molecule has 0 fully saturated rings. The quantitative estimate of drug-likeness (QED) is 0.378. The summed E-state index contributed by atoms with van der Waals surface area (Å²) < 4.78 is 4.97. The van der Waals surface area contributed by atoms with E-state index in [4.69, 9.17) is 16.1 Å². The largest absolute Gasteiger partial charge is 0.360 e. The number of halogens is 1. The molecule has 0 unspecified atom stereocenters. The summed E-state index contributed by atoms with van der Waals surface area (Å²) in [5.74, 6) is -0.335. The van der Waals surface area contributed by atoms with Crippen LogP contribution in [0.15, 0.2) is 59.1 Å². The van der Waals surface area contributed by atoms with Crippen molar-refractivity contribution in [3.05, 3.63) is 76.5 Å². The Kier molecular flexibility index (Phi) is 9.10. The lowest BCUT2D eigenvalue weighted by molar-refractivity contribution is -0.128. The predicted molar refractivity (Wildman–Crippen MR) is 144 cm³/mol. The van der Waals surface area contributed by atoms with E-state index in [2.05, 4.69) is 15.8 Å². The van der Waals surface area contributed by atoms with Crippen LogP contribution in [-0.2, 0) is 20.8 Å². The molecule has 0 aliphatic rings. The van der Waals surface area contributed by atoms with Gasteiger partial charge in [0.2, 0.25) is 17.7 Å². The topological polar surface area (TPSA) is 105 Å². The Morgan fingerprint density at radius 2 is 1.73 bits per heavy atom. The van der Waals surface area contributed by atoms with Crippen molar-refractivity contribution in [2.24, 2.45) is 0 Å². The molecule has 196 valence electrons. The second-order valence-corrected chi connectivity index (χ2v) is 10.2. The number of aryl methyl sites for hydroxylation is 2. The Hall–Kier alpha value is -3.65. The molecule has 0 bridgehead atoms. The number of anilines is 2. The fourth-order valence-electron chi connectivity index (χ4n) is 3.83. The number of nitrogens with one attached hydrogen (secondary N) is 2. The normalized spacial score (nSPS) is 12.1. The monoisotopic (exact) mass is 524 g/mol. The zero-order valence-electron chi connectivity index (χ0n) is 21.8. The lowest BCUT2D eigenvalue weighted by atomic mass is 9.99. The van der Waals surface area contributed by atoms with Gasteiger partial charge in [-0.15, -0.1) is 0 Å². The standard InChI is InChI=1S/C28H33ClN4O4/c1-6-19-11-13-20(14-12-19)33(25(35)16-15-24(34)30-23-17-18(2)37-32-23)26(27(36)31-28(3,4)5)21-9-7-8-10-22(21)29/h7-14,17,26H,6,15-16H2,1-5H3,(H,31,36)(H,30,32,34)/t26-/m0/s1. The van der Waals surface area contributed by atoms with Crippen LogP contribution in [0.1, 0.15) is 63.5 Å². The van der Waals surface area contributed by atoms with Crippen molar-refractivity contribution in [1.29, 1.82) is 0 Å². The summed E-state index contributed by atoms with van der Waals surface area (Å²) in [6, 6.07) is 14.9. The summed E-state index contributed by atoms with van der Waals surface area (Å²) in [4.78, 5) is 41.4. The average Bonchev–Trinajstić information content (AvgIpc) is 3.25. The molecule has 2 aromatic carbocycles. The van der Waals surface area contributed by atoms with Crippen LogP contribution < -0.4 is 15.5 Å². The highest BCUT2D eigenvalue weighted by Gasteiger charge is 2.35. The molecule has 37 heavy (non-hydrogen) atoms. The van der Waals surface area contributed by atoms with Crippen LogP contribution >= 0.6 is 11.6 Å². The minimum absolute atomic E-state index is 0.107. The van der Waals surface area contributed by atoms with Crippen molar-refractivity contribution in [2.75, 3.05) is 10.2 Å². The van der Waals surface area contributed by atoms with Crippen molar-refractivity contribution in [3.63, 3.8) is 0 Å². The molecule has 0 saturated heterocycles. The highest BCUT2D eigenvalue weighted by molar-refractivity contribution is 6.31. The van der Waals surface area contributed by atoms with E-state index in [-0.39, 0.29) is 24.6 Å². The molecule has 0 aliphatic heterocycles. The van der Waals surface area contributed by atoms with Gasteiger partial charge in [0.25, 0.3) is 0 Å². The molecule has 1 atom stereocenters. The summed E-state index contributed by atoms with van der Waals surface area (Å²) in [5, 5.41) is 9.71. The fourth-order valence-corrected chi connectivity index (χ4v) is 4.07. The van der Waals surface area contributed by atoms with Crippen molar-refractivity contribution in [3.8, 4) is 0 Å². The Morgan fingerprint density at radius 1 is 1.05 bits per heavy atom. The molecule has 3 amide bonds. The molecule has 0 spiro atoms. The van der Waals surface area contributed by atoms with Crippen molar-refractivity contribution >= 4 is 40.8 Å². The third kappa shape index (κ3) is 7.67. The minimum atomic E-state index is -1.05. The minimum Gasteiger partial charge on any atom is -0.360 e. The summed E-state index contributed by atoms with van der Waals surface area (Å²) in [7, 11) is 0. The first kappa shape index (κ1) is 27.9. The third-order valence-corrected chi connectivity index (χ3v) is 5.90. The molecule has 0 saturated carbocycles. The maximum Gasteiger partial charge on any atom is 0.248 e. The Labute approximate surface area is 222 Å². The Balaban J connectivity index is 1.97. The molecular weight excluding hydrogens is 492 g/mol. The average molecular weight is 525 g/mol. The smallest absolute Gasteiger partial charge is 0.248 e. The SMILES string of the molecule is CCc1ccc(N(C(=O)CCC(=O)Nc2cc(C)on2)[C@H](C(=O)NC(C)(C)C)c2ccccc2Cl)cc1. The number of hydrogen-bond acceptors (Lipinski definition) is 5. The van der Waals surface area contributed by atoms with Gasteiger partial charge in [-0.2, -0.15) is 0 Å². The van der Waals surface area contributed by atoms with Gasteiger partial charge in [0.1, 0.15) is 11.8 Å². The maximum absolute atomic E-state index is 13.7. The van der Waals surface area contributed by atoms with Crippen LogP contribution in [0.2, 0.25) is 5.02 Å². The molecular formula is C28H33ClN4O4. The van der Waals surface area contributed by atoms with Crippen LogP contribution in [0.3, 0.4) is 0 Å². The van der Waals surface area contributed by atoms with Crippen LogP contribution in [0.5, 0.6) is 0 Å². The first-order chi connectivity index (χ1) is 17.5.